The van der Waals surface area contributed by atoms with Gasteiger partial charge in [-0.15, -0.1) is 0 Å². The minimum Gasteiger partial charge on any atom is -0.447 e. The Bertz CT molecular complexity index is 898. The molecule has 0 aliphatic carbocycles. The van der Waals surface area contributed by atoms with E-state index >= 15 is 0 Å². The monoisotopic (exact) mass is 293 g/mol. The van der Waals surface area contributed by atoms with Crippen molar-refractivity contribution in [2.45, 2.75) is 18.9 Å². The third-order valence-electron chi connectivity index (χ3n) is 3.23. The van der Waals surface area contributed by atoms with Gasteiger partial charge in [-0.05, 0) is 50.2 Å². The number of aromatic amines is 1. The fourth-order valence-electron chi connectivity index (χ4n) is 2.21. The number of alkyl carbamates (subject to hydrolysis) is 1. The van der Waals surface area contributed by atoms with Crippen molar-refractivity contribution in [3.63, 3.8) is 0 Å². The molecule has 0 spiro atoms. The molecule has 2 heterocycles. The van der Waals surface area contributed by atoms with E-state index in [1.807, 2.05) is 0 Å². The summed E-state index contributed by atoms with van der Waals surface area (Å²) < 4.78 is 52.7. The number of fused-ring (bicyclic) bond motifs is 1. The molecule has 2 N–H and O–H groups in total. The average molecular weight is 293 g/mol. The Balaban J connectivity index is 1.98. The fourth-order valence-corrected chi connectivity index (χ4v) is 2.21. The quantitative estimate of drug-likeness (QED) is 0.885. The smallest absolute Gasteiger partial charge is 0.407 e. The van der Waals surface area contributed by atoms with Crippen molar-refractivity contribution in [2.24, 2.45) is 0 Å². The van der Waals surface area contributed by atoms with Gasteiger partial charge in [-0.1, -0.05) is 6.07 Å². The predicted molar refractivity (Wildman–Crippen MR) is 82.5 cm³/mol. The number of nitrogens with one attached hydrogen (secondary N) is 2. The second kappa shape index (κ2) is 5.77. The van der Waals surface area contributed by atoms with Crippen LogP contribution in [-0.2, 0) is 17.6 Å². The third kappa shape index (κ3) is 3.19. The van der Waals surface area contributed by atoms with Crippen molar-refractivity contribution >= 4 is 17.0 Å². The van der Waals surface area contributed by atoms with Gasteiger partial charge < -0.3 is 19.9 Å². The van der Waals surface area contributed by atoms with Crippen molar-refractivity contribution in [2.75, 3.05) is 27.2 Å². The lowest BCUT2D eigenvalue weighted by Gasteiger charge is -2.09. The number of rotatable bonds is 5. The molecule has 1 aliphatic rings. The van der Waals surface area contributed by atoms with E-state index in [-0.39, 0.29) is 19.0 Å². The Morgan fingerprint density at radius 3 is 3.19 bits per heavy atom. The van der Waals surface area contributed by atoms with E-state index in [1.165, 1.54) is 4.90 Å². The summed E-state index contributed by atoms with van der Waals surface area (Å²) in [5.74, 6) is 0. The summed E-state index contributed by atoms with van der Waals surface area (Å²) >= 11 is 0. The molecule has 1 atom stereocenters. The first-order chi connectivity index (χ1) is 12.3. The molecule has 5 heteroatoms. The lowest BCUT2D eigenvalue weighted by Crippen LogP contribution is -2.28. The van der Waals surface area contributed by atoms with Crippen LogP contribution in [0.25, 0.3) is 10.9 Å². The predicted octanol–water partition coefficient (Wildman–Crippen LogP) is 1.92. The fraction of sp³-hybridized carbons (Fsp3) is 0.438. The Morgan fingerprint density at radius 1 is 1.62 bits per heavy atom. The molecule has 1 fully saturated rings. The van der Waals surface area contributed by atoms with Gasteiger partial charge in [0, 0.05) is 26.3 Å². The van der Waals surface area contributed by atoms with E-state index in [1.54, 1.807) is 32.3 Å². The van der Waals surface area contributed by atoms with E-state index in [0.29, 0.717) is 22.0 Å². The number of ether oxygens (including phenoxy) is 1. The number of H-pyrrole nitrogens is 1. The number of carbonyl (C=O) groups excluding carboxylic acids is 1. The molecular weight excluding hydrogens is 266 g/mol. The summed E-state index contributed by atoms with van der Waals surface area (Å²) in [4.78, 5) is 15.7. The molecule has 0 saturated carbocycles. The molecule has 1 amide bonds. The average Bonchev–Trinajstić information content (AvgIpc) is 2.91. The minimum atomic E-state index is -2.48. The molecule has 0 radical (unpaired) electrons. The molecule has 21 heavy (non-hydrogen) atoms. The summed E-state index contributed by atoms with van der Waals surface area (Å²) in [6, 6.07) is 3.10. The van der Waals surface area contributed by atoms with E-state index in [0.717, 1.165) is 0 Å². The second-order valence-electron chi connectivity index (χ2n) is 5.11. The Kier molecular flexibility index (Phi) is 2.32. The molecule has 0 unspecified atom stereocenters. The number of likely N-dealkylation sites (N-methyl/N-ethyl adjacent to an activating group) is 1. The van der Waals surface area contributed by atoms with Crippen molar-refractivity contribution in [3.8, 4) is 0 Å². The molecular formula is C16H21N3O2. The number of hydrogen-bond donors (Lipinski definition) is 2. The van der Waals surface area contributed by atoms with Crippen LogP contribution in [0.4, 0.5) is 4.79 Å². The van der Waals surface area contributed by atoms with Crippen LogP contribution in [0.5, 0.6) is 0 Å². The molecule has 5 nitrogen and oxygen atoms in total. The number of aryl methyl sites for hydroxylation is 1. The van der Waals surface area contributed by atoms with E-state index in [2.05, 4.69) is 15.0 Å². The maximum atomic E-state index is 11.4. The lowest BCUT2D eigenvalue weighted by molar-refractivity contribution is 0.177. The highest BCUT2D eigenvalue weighted by Gasteiger charge is 2.22. The van der Waals surface area contributed by atoms with Gasteiger partial charge in [0.05, 0.1) is 11.5 Å². The Labute approximate surface area is 132 Å². The summed E-state index contributed by atoms with van der Waals surface area (Å²) in [7, 11) is 3.25. The first-order valence-electron chi connectivity index (χ1n) is 9.63. The zero-order valence-electron chi connectivity index (χ0n) is 17.9. The Morgan fingerprint density at radius 2 is 2.48 bits per heavy atom. The number of carbonyl (C=O) groups is 1. The van der Waals surface area contributed by atoms with Crippen LogP contribution in [-0.4, -0.2) is 49.1 Å². The summed E-state index contributed by atoms with van der Waals surface area (Å²) in [5, 5.41) is 2.85. The first-order valence-corrected chi connectivity index (χ1v) is 6.63. The van der Waals surface area contributed by atoms with Crippen molar-refractivity contribution in [1.29, 1.82) is 0 Å². The van der Waals surface area contributed by atoms with Crippen molar-refractivity contribution in [3.05, 3.63) is 35.5 Å². The lowest BCUT2D eigenvalue weighted by atomic mass is 10.0. The highest BCUT2D eigenvalue weighted by Crippen LogP contribution is 2.21. The number of hydrogen-bond acceptors (Lipinski definition) is 3. The van der Waals surface area contributed by atoms with E-state index in [4.69, 9.17) is 8.22 Å². The maximum Gasteiger partial charge on any atom is 0.407 e. The first kappa shape index (κ1) is 8.44. The van der Waals surface area contributed by atoms with Crippen LogP contribution in [0.3, 0.4) is 0 Å². The highest BCUT2D eigenvalue weighted by molar-refractivity contribution is 5.84. The van der Waals surface area contributed by atoms with Crippen LogP contribution in [0.2, 0.25) is 0 Å². The highest BCUT2D eigenvalue weighted by atomic mass is 16.6. The second-order valence-corrected chi connectivity index (χ2v) is 5.11. The van der Waals surface area contributed by atoms with E-state index in [9.17, 15) is 4.79 Å². The maximum absolute atomic E-state index is 11.4. The van der Waals surface area contributed by atoms with Crippen LogP contribution in [0, 0.1) is 0 Å². The van der Waals surface area contributed by atoms with Gasteiger partial charge in [-0.25, -0.2) is 4.79 Å². The van der Waals surface area contributed by atoms with Gasteiger partial charge in [-0.3, -0.25) is 0 Å². The molecule has 1 aliphatic heterocycles. The van der Waals surface area contributed by atoms with Gasteiger partial charge >= 0.3 is 6.09 Å². The van der Waals surface area contributed by atoms with Crippen LogP contribution in [0.15, 0.2) is 24.4 Å². The topological polar surface area (TPSA) is 57.4 Å². The third-order valence-corrected chi connectivity index (χ3v) is 3.23. The van der Waals surface area contributed by atoms with Crippen LogP contribution in [0.1, 0.15) is 19.4 Å². The van der Waals surface area contributed by atoms with Crippen molar-refractivity contribution in [1.82, 2.24) is 15.2 Å². The summed E-state index contributed by atoms with van der Waals surface area (Å²) in [5.41, 5.74) is 1.72. The van der Waals surface area contributed by atoms with Crippen molar-refractivity contribution < 1.29 is 17.8 Å². The molecule has 2 aromatic rings. The van der Waals surface area contributed by atoms with Gasteiger partial charge in [-0.2, -0.15) is 0 Å². The minimum absolute atomic E-state index is 0.00498. The normalized spacial score (nSPS) is 29.0. The number of cyclic esters (lactones) is 1. The standard InChI is InChI=1S/C16H21N3O2/c1-19(2)6-5-12-9-17-15-4-3-11(8-14(12)15)7-13-10-21-16(20)18-13/h3-4,8-9,13,17H,5-7,10H2,1-2H3,(H,18,20)/t13-/m0/s1/i6D2,9D,10D2,13D. The molecule has 3 rings (SSSR count). The zero-order valence-corrected chi connectivity index (χ0v) is 11.9. The van der Waals surface area contributed by atoms with E-state index < -0.39 is 25.2 Å². The summed E-state index contributed by atoms with van der Waals surface area (Å²) in [6.45, 7) is -4.13. The number of amides is 1. The molecule has 112 valence electrons. The molecule has 1 aromatic carbocycles. The zero-order chi connectivity index (χ0) is 20.2. The molecule has 1 saturated heterocycles. The number of nitrogens with zero attached hydrogens (tertiary/aromatic N) is 1. The van der Waals surface area contributed by atoms with Gasteiger partial charge in [0.25, 0.3) is 0 Å². The SMILES string of the molecule is [2H]c1[nH]c2ccc(C[C@]3([2H])NC(=O)OC3([2H])[2H])cc2c1CC([2H])([2H])N(C)C. The summed E-state index contributed by atoms with van der Waals surface area (Å²) in [6.07, 6.45) is -1.01. The van der Waals surface area contributed by atoms with Gasteiger partial charge in [0.15, 0.2) is 0 Å². The Hall–Kier alpha value is -2.01. The van der Waals surface area contributed by atoms with Gasteiger partial charge in [0.1, 0.15) is 6.56 Å². The van der Waals surface area contributed by atoms with Gasteiger partial charge in [0.2, 0.25) is 0 Å². The molecule has 1 aromatic heterocycles. The largest absolute Gasteiger partial charge is 0.447 e. The van der Waals surface area contributed by atoms with Crippen LogP contribution < -0.4 is 5.32 Å². The number of aromatic nitrogens is 1. The molecule has 0 bridgehead atoms. The number of benzene rings is 1. The van der Waals surface area contributed by atoms with Crippen LogP contribution >= 0.6 is 0 Å².